The molecule has 3 amide bonds. The molecule has 1 saturated heterocycles. The smallest absolute Gasteiger partial charge is 0.262 e. The topological polar surface area (TPSA) is 87.7 Å². The number of rotatable bonds is 5. The Bertz CT molecular complexity index is 826. The highest BCUT2D eigenvalue weighted by Gasteiger charge is 2.27. The van der Waals surface area contributed by atoms with Crippen LogP contribution in [0.4, 0.5) is 0 Å². The summed E-state index contributed by atoms with van der Waals surface area (Å²) in [5.41, 5.74) is 0.960. The zero-order valence-electron chi connectivity index (χ0n) is 16.8. The molecule has 3 rings (SSSR count). The summed E-state index contributed by atoms with van der Waals surface area (Å²) in [6.45, 7) is 2.25. The van der Waals surface area contributed by atoms with E-state index in [9.17, 15) is 14.4 Å². The summed E-state index contributed by atoms with van der Waals surface area (Å²) in [4.78, 5) is 40.3. The van der Waals surface area contributed by atoms with E-state index in [4.69, 9.17) is 4.74 Å². The van der Waals surface area contributed by atoms with Gasteiger partial charge < -0.3 is 20.3 Å². The fraction of sp³-hybridized carbons (Fsp3) is 0.409. The van der Waals surface area contributed by atoms with Crippen LogP contribution >= 0.6 is 11.3 Å². The quantitative estimate of drug-likeness (QED) is 0.759. The Labute approximate surface area is 180 Å². The Hall–Kier alpha value is -2.71. The third-order valence-electron chi connectivity index (χ3n) is 4.84. The molecule has 0 bridgehead atoms. The minimum Gasteiger partial charge on any atom is -0.380 e. The van der Waals surface area contributed by atoms with Crippen molar-refractivity contribution in [2.45, 2.75) is 25.3 Å². The first-order valence-corrected chi connectivity index (χ1v) is 11.0. The molecular weight excluding hydrogens is 402 g/mol. The number of hydrogen-bond acceptors (Lipinski definition) is 5. The number of amides is 3. The first-order chi connectivity index (χ1) is 14.6. The molecule has 1 aliphatic heterocycles. The van der Waals surface area contributed by atoms with Crippen LogP contribution in [0, 0.1) is 0 Å². The van der Waals surface area contributed by atoms with Crippen LogP contribution in [-0.2, 0) is 20.7 Å². The van der Waals surface area contributed by atoms with Gasteiger partial charge in [0.15, 0.2) is 0 Å². The van der Waals surface area contributed by atoms with Crippen LogP contribution < -0.4 is 10.6 Å². The van der Waals surface area contributed by atoms with Gasteiger partial charge in [0.1, 0.15) is 6.04 Å². The van der Waals surface area contributed by atoms with E-state index in [2.05, 4.69) is 10.6 Å². The molecule has 30 heavy (non-hydrogen) atoms. The fourth-order valence-electron chi connectivity index (χ4n) is 3.29. The lowest BCUT2D eigenvalue weighted by molar-refractivity contribution is -0.134. The van der Waals surface area contributed by atoms with Gasteiger partial charge in [-0.15, -0.1) is 11.3 Å². The highest BCUT2D eigenvalue weighted by Crippen LogP contribution is 2.12. The highest BCUT2D eigenvalue weighted by atomic mass is 32.1. The van der Waals surface area contributed by atoms with Crippen LogP contribution in [0.2, 0.25) is 0 Å². The van der Waals surface area contributed by atoms with Gasteiger partial charge in [-0.3, -0.25) is 14.4 Å². The van der Waals surface area contributed by atoms with E-state index in [1.165, 1.54) is 11.3 Å². The van der Waals surface area contributed by atoms with Gasteiger partial charge in [-0.05, 0) is 23.4 Å². The monoisotopic (exact) mass is 429 g/mol. The third kappa shape index (κ3) is 6.67. The largest absolute Gasteiger partial charge is 0.380 e. The molecule has 2 aromatic rings. The first-order valence-electron chi connectivity index (χ1n) is 10.1. The lowest BCUT2D eigenvalue weighted by atomic mass is 10.0. The number of ether oxygens (including phenoxy) is 1. The predicted octanol–water partition coefficient (Wildman–Crippen LogP) is 1.84. The molecule has 0 spiro atoms. The minimum absolute atomic E-state index is 0.111. The fourth-order valence-corrected chi connectivity index (χ4v) is 3.91. The van der Waals surface area contributed by atoms with Gasteiger partial charge in [0, 0.05) is 39.1 Å². The minimum atomic E-state index is -0.712. The maximum absolute atomic E-state index is 13.4. The van der Waals surface area contributed by atoms with Crippen molar-refractivity contribution in [1.82, 2.24) is 15.5 Å². The van der Waals surface area contributed by atoms with E-state index in [-0.39, 0.29) is 24.1 Å². The second-order valence-electron chi connectivity index (χ2n) is 7.08. The van der Waals surface area contributed by atoms with Crippen molar-refractivity contribution >= 4 is 29.1 Å². The first kappa shape index (κ1) is 22.0. The van der Waals surface area contributed by atoms with Gasteiger partial charge in [-0.25, -0.2) is 0 Å². The van der Waals surface area contributed by atoms with Crippen LogP contribution in [0.15, 0.2) is 47.8 Å². The van der Waals surface area contributed by atoms with E-state index in [0.29, 0.717) is 50.6 Å². The summed E-state index contributed by atoms with van der Waals surface area (Å²) in [5.74, 6) is -0.561. The van der Waals surface area contributed by atoms with Crippen molar-refractivity contribution in [2.75, 3.05) is 32.8 Å². The second kappa shape index (κ2) is 11.5. The molecule has 1 aromatic carbocycles. The summed E-state index contributed by atoms with van der Waals surface area (Å²) in [7, 11) is 0. The molecular formula is C22H27N3O4S. The Balaban J connectivity index is 1.75. The number of hydrogen-bond donors (Lipinski definition) is 2. The molecule has 7 nitrogen and oxygen atoms in total. The van der Waals surface area contributed by atoms with Crippen molar-refractivity contribution < 1.29 is 19.1 Å². The van der Waals surface area contributed by atoms with E-state index >= 15 is 0 Å². The van der Waals surface area contributed by atoms with Gasteiger partial charge in [0.05, 0.1) is 11.5 Å². The summed E-state index contributed by atoms with van der Waals surface area (Å²) in [6.07, 6.45) is 1.29. The van der Waals surface area contributed by atoms with Crippen molar-refractivity contribution in [2.24, 2.45) is 0 Å². The summed E-state index contributed by atoms with van der Waals surface area (Å²) in [6, 6.07) is 12.4. The molecule has 1 aliphatic rings. The number of nitrogens with one attached hydrogen (secondary N) is 2. The average Bonchev–Trinajstić information content (AvgIpc) is 3.28. The van der Waals surface area contributed by atoms with Crippen molar-refractivity contribution in [1.29, 1.82) is 0 Å². The molecule has 1 unspecified atom stereocenters. The summed E-state index contributed by atoms with van der Waals surface area (Å²) < 4.78 is 5.49. The number of benzene rings is 1. The second-order valence-corrected chi connectivity index (χ2v) is 8.03. The average molecular weight is 430 g/mol. The summed E-state index contributed by atoms with van der Waals surface area (Å²) in [5, 5.41) is 7.52. The molecule has 1 atom stereocenters. The van der Waals surface area contributed by atoms with Crippen LogP contribution in [0.25, 0.3) is 0 Å². The summed E-state index contributed by atoms with van der Waals surface area (Å²) >= 11 is 1.33. The number of thiophene rings is 1. The molecule has 2 N–H and O–H groups in total. The molecule has 160 valence electrons. The Morgan fingerprint density at radius 3 is 2.73 bits per heavy atom. The maximum atomic E-state index is 13.4. The standard InChI is InChI=1S/C22H27N3O4S/c26-20-9-12-25(11-5-13-29-14-10-23-20)22(28)18(16-17-6-2-1-3-7-17)24-21(27)19-8-4-15-30-19/h1-4,6-8,15,18H,5,9-14,16H2,(H,23,26)(H,24,27). The lowest BCUT2D eigenvalue weighted by Crippen LogP contribution is -2.50. The van der Waals surface area contributed by atoms with Crippen LogP contribution in [0.3, 0.4) is 0 Å². The predicted molar refractivity (Wildman–Crippen MR) is 115 cm³/mol. The SMILES string of the molecule is O=C1CCN(C(=O)C(Cc2ccccc2)NC(=O)c2cccs2)CCCOCCN1. The Morgan fingerprint density at radius 1 is 1.13 bits per heavy atom. The zero-order valence-corrected chi connectivity index (χ0v) is 17.7. The zero-order chi connectivity index (χ0) is 21.2. The van der Waals surface area contributed by atoms with E-state index < -0.39 is 6.04 Å². The molecule has 0 saturated carbocycles. The van der Waals surface area contributed by atoms with E-state index in [1.54, 1.807) is 17.0 Å². The van der Waals surface area contributed by atoms with Crippen LogP contribution in [0.1, 0.15) is 28.1 Å². The van der Waals surface area contributed by atoms with Gasteiger partial charge >= 0.3 is 0 Å². The van der Waals surface area contributed by atoms with Gasteiger partial charge in [-0.2, -0.15) is 0 Å². The Morgan fingerprint density at radius 2 is 1.97 bits per heavy atom. The van der Waals surface area contributed by atoms with E-state index in [1.807, 2.05) is 35.7 Å². The number of carbonyl (C=O) groups is 3. The van der Waals surface area contributed by atoms with Gasteiger partial charge in [0.2, 0.25) is 11.8 Å². The highest BCUT2D eigenvalue weighted by molar-refractivity contribution is 7.12. The molecule has 1 aromatic heterocycles. The number of carbonyl (C=O) groups excluding carboxylic acids is 3. The molecule has 1 fully saturated rings. The van der Waals surface area contributed by atoms with Gasteiger partial charge in [0.25, 0.3) is 5.91 Å². The van der Waals surface area contributed by atoms with Gasteiger partial charge in [-0.1, -0.05) is 36.4 Å². The van der Waals surface area contributed by atoms with Crippen LogP contribution in [-0.4, -0.2) is 61.5 Å². The van der Waals surface area contributed by atoms with Crippen molar-refractivity contribution in [3.63, 3.8) is 0 Å². The van der Waals surface area contributed by atoms with E-state index in [0.717, 1.165) is 5.56 Å². The maximum Gasteiger partial charge on any atom is 0.262 e. The lowest BCUT2D eigenvalue weighted by Gasteiger charge is -2.28. The van der Waals surface area contributed by atoms with Crippen LogP contribution in [0.5, 0.6) is 0 Å². The molecule has 0 radical (unpaired) electrons. The number of nitrogens with zero attached hydrogens (tertiary/aromatic N) is 1. The molecule has 8 heteroatoms. The van der Waals surface area contributed by atoms with Crippen molar-refractivity contribution in [3.05, 3.63) is 58.3 Å². The third-order valence-corrected chi connectivity index (χ3v) is 5.71. The molecule has 0 aliphatic carbocycles. The Kier molecular flexibility index (Phi) is 8.41. The normalized spacial score (nSPS) is 16.8. The molecule has 2 heterocycles. The van der Waals surface area contributed by atoms with Crippen molar-refractivity contribution in [3.8, 4) is 0 Å².